The summed E-state index contributed by atoms with van der Waals surface area (Å²) in [6.07, 6.45) is 4.03. The summed E-state index contributed by atoms with van der Waals surface area (Å²) in [5.41, 5.74) is 13.3. The lowest BCUT2D eigenvalue weighted by Gasteiger charge is -2.27. The first-order valence-electron chi connectivity index (χ1n) is 10.4. The van der Waals surface area contributed by atoms with Crippen molar-refractivity contribution in [1.82, 2.24) is 10.2 Å². The molecule has 150 valence electrons. The number of aromatic amines is 1. The average molecular weight is 389 g/mol. The molecule has 0 fully saturated rings. The number of rotatable bonds is 7. The maximum absolute atomic E-state index is 12.8. The van der Waals surface area contributed by atoms with E-state index >= 15 is 0 Å². The van der Waals surface area contributed by atoms with E-state index in [9.17, 15) is 4.79 Å². The van der Waals surface area contributed by atoms with Gasteiger partial charge in [0.1, 0.15) is 0 Å². The van der Waals surface area contributed by atoms with Gasteiger partial charge in [-0.3, -0.25) is 9.89 Å². The number of anilines is 1. The number of carbonyl (C=O) groups is 1. The molecule has 5 heteroatoms. The van der Waals surface area contributed by atoms with Crippen LogP contribution in [0.1, 0.15) is 50.7 Å². The van der Waals surface area contributed by atoms with Crippen LogP contribution >= 0.6 is 0 Å². The predicted molar refractivity (Wildman–Crippen MR) is 118 cm³/mol. The summed E-state index contributed by atoms with van der Waals surface area (Å²) in [6, 6.07) is 16.3. The van der Waals surface area contributed by atoms with Crippen molar-refractivity contribution in [3.05, 3.63) is 59.7 Å². The van der Waals surface area contributed by atoms with Crippen molar-refractivity contribution < 1.29 is 4.79 Å². The fraction of sp³-hybridized carbons (Fsp3) is 0.333. The zero-order valence-electron chi connectivity index (χ0n) is 17.1. The van der Waals surface area contributed by atoms with Crippen LogP contribution in [-0.2, 0) is 11.2 Å². The number of fused-ring (bicyclic) bond motifs is 3. The molecule has 2 aromatic carbocycles. The second kappa shape index (κ2) is 7.84. The normalized spacial score (nSPS) is 12.5. The minimum atomic E-state index is -0.809. The van der Waals surface area contributed by atoms with Crippen LogP contribution in [0.5, 0.6) is 0 Å². The van der Waals surface area contributed by atoms with E-state index in [-0.39, 0.29) is 5.91 Å². The molecule has 1 aromatic heterocycles. The van der Waals surface area contributed by atoms with Crippen LogP contribution in [0.15, 0.2) is 48.5 Å². The topological polar surface area (TPSA) is 83.8 Å². The van der Waals surface area contributed by atoms with Gasteiger partial charge in [0.15, 0.2) is 0 Å². The molecule has 0 radical (unpaired) electrons. The minimum absolute atomic E-state index is 0.106. The number of nitrogens with one attached hydrogen (secondary N) is 2. The van der Waals surface area contributed by atoms with Crippen LogP contribution < -0.4 is 11.1 Å². The highest BCUT2D eigenvalue weighted by atomic mass is 16.2. The van der Waals surface area contributed by atoms with E-state index in [1.54, 1.807) is 0 Å². The Balaban J connectivity index is 1.53. The molecule has 4 N–H and O–H groups in total. The van der Waals surface area contributed by atoms with Gasteiger partial charge in [0, 0.05) is 28.8 Å². The first-order chi connectivity index (χ1) is 14.1. The minimum Gasteiger partial charge on any atom is -0.324 e. The molecule has 0 bridgehead atoms. The van der Waals surface area contributed by atoms with E-state index in [2.05, 4.69) is 53.6 Å². The molecule has 1 aliphatic rings. The predicted octanol–water partition coefficient (Wildman–Crippen LogP) is 4.88. The van der Waals surface area contributed by atoms with E-state index in [0.29, 0.717) is 12.8 Å². The second-order valence-electron chi connectivity index (χ2n) is 7.95. The Bertz CT molecular complexity index is 1010. The Morgan fingerprint density at radius 3 is 2.48 bits per heavy atom. The molecule has 0 atom stereocenters. The van der Waals surface area contributed by atoms with Crippen LogP contribution in [0.3, 0.4) is 0 Å². The van der Waals surface area contributed by atoms with Crippen molar-refractivity contribution in [2.24, 2.45) is 5.73 Å². The summed E-state index contributed by atoms with van der Waals surface area (Å²) in [4.78, 5) is 12.8. The van der Waals surface area contributed by atoms with E-state index in [0.717, 1.165) is 41.9 Å². The van der Waals surface area contributed by atoms with Crippen molar-refractivity contribution >= 4 is 11.6 Å². The quantitative estimate of drug-likeness (QED) is 0.422. The van der Waals surface area contributed by atoms with Gasteiger partial charge in [0.05, 0.1) is 16.9 Å². The Hall–Kier alpha value is -2.92. The Labute approximate surface area is 171 Å². The lowest BCUT2D eigenvalue weighted by Crippen LogP contribution is -2.51. The monoisotopic (exact) mass is 388 g/mol. The number of hydrogen-bond acceptors (Lipinski definition) is 3. The third kappa shape index (κ3) is 3.58. The molecule has 0 spiro atoms. The fourth-order valence-electron chi connectivity index (χ4n) is 4.32. The number of benzene rings is 2. The second-order valence-corrected chi connectivity index (χ2v) is 7.95. The summed E-state index contributed by atoms with van der Waals surface area (Å²) >= 11 is 0. The first kappa shape index (κ1) is 19.4. The number of nitrogens with zero attached hydrogens (tertiary/aromatic N) is 1. The third-order valence-electron chi connectivity index (χ3n) is 5.78. The third-order valence-corrected chi connectivity index (χ3v) is 5.78. The lowest BCUT2D eigenvalue weighted by molar-refractivity contribution is -0.121. The highest BCUT2D eigenvalue weighted by Crippen LogP contribution is 2.39. The molecule has 1 heterocycles. The number of H-pyrrole nitrogens is 1. The summed E-state index contributed by atoms with van der Waals surface area (Å²) in [5.74, 6) is -0.106. The number of nitrogens with two attached hydrogens (primary N) is 1. The average Bonchev–Trinajstić information content (AvgIpc) is 3.28. The van der Waals surface area contributed by atoms with Crippen molar-refractivity contribution in [2.75, 3.05) is 5.32 Å². The molecule has 29 heavy (non-hydrogen) atoms. The Kier molecular flexibility index (Phi) is 5.24. The van der Waals surface area contributed by atoms with Gasteiger partial charge in [-0.05, 0) is 30.5 Å². The molecule has 0 saturated heterocycles. The zero-order valence-corrected chi connectivity index (χ0v) is 17.1. The highest BCUT2D eigenvalue weighted by molar-refractivity contribution is 5.98. The van der Waals surface area contributed by atoms with Gasteiger partial charge in [-0.2, -0.15) is 5.10 Å². The van der Waals surface area contributed by atoms with Gasteiger partial charge in [-0.1, -0.05) is 63.1 Å². The van der Waals surface area contributed by atoms with Crippen LogP contribution in [0.2, 0.25) is 0 Å². The number of aromatic nitrogens is 2. The van der Waals surface area contributed by atoms with Crippen LogP contribution in [-0.4, -0.2) is 21.6 Å². The van der Waals surface area contributed by atoms with Crippen molar-refractivity contribution in [3.8, 4) is 22.5 Å². The molecule has 0 aliphatic heterocycles. The van der Waals surface area contributed by atoms with Gasteiger partial charge >= 0.3 is 0 Å². The van der Waals surface area contributed by atoms with Crippen LogP contribution in [0, 0.1) is 0 Å². The molecule has 1 amide bonds. The number of carbonyl (C=O) groups excluding carboxylic acids is 1. The van der Waals surface area contributed by atoms with Gasteiger partial charge in [-0.15, -0.1) is 0 Å². The van der Waals surface area contributed by atoms with E-state index < -0.39 is 5.54 Å². The summed E-state index contributed by atoms with van der Waals surface area (Å²) in [7, 11) is 0. The Morgan fingerprint density at radius 1 is 1.10 bits per heavy atom. The molecular weight excluding hydrogens is 360 g/mol. The SMILES string of the molecule is CCCC(N)(CCC)C(=O)Nc1ccc(-c2n[nH]c3c2Cc2ccccc2-3)cc1. The number of amides is 1. The molecule has 0 unspecified atom stereocenters. The van der Waals surface area contributed by atoms with E-state index in [1.807, 2.05) is 24.3 Å². The van der Waals surface area contributed by atoms with Crippen molar-refractivity contribution in [3.63, 3.8) is 0 Å². The summed E-state index contributed by atoms with van der Waals surface area (Å²) < 4.78 is 0. The summed E-state index contributed by atoms with van der Waals surface area (Å²) in [5, 5.41) is 10.8. The van der Waals surface area contributed by atoms with Gasteiger partial charge in [0.25, 0.3) is 0 Å². The fourth-order valence-corrected chi connectivity index (χ4v) is 4.32. The largest absolute Gasteiger partial charge is 0.324 e. The van der Waals surface area contributed by atoms with Crippen molar-refractivity contribution in [1.29, 1.82) is 0 Å². The number of hydrogen-bond donors (Lipinski definition) is 3. The standard InChI is InChI=1S/C24H28N4O/c1-3-13-24(25,14-4-2)23(29)26-18-11-9-16(10-12-18)21-20-15-17-7-5-6-8-19(17)22(20)28-27-21/h5-12H,3-4,13-15,25H2,1-2H3,(H,26,29)(H,27,28). The van der Waals surface area contributed by atoms with Crippen molar-refractivity contribution in [2.45, 2.75) is 51.5 Å². The van der Waals surface area contributed by atoms with Crippen LogP contribution in [0.25, 0.3) is 22.5 Å². The maximum Gasteiger partial charge on any atom is 0.244 e. The molecule has 5 nitrogen and oxygen atoms in total. The summed E-state index contributed by atoms with van der Waals surface area (Å²) in [6.45, 7) is 4.11. The zero-order chi connectivity index (χ0) is 20.4. The highest BCUT2D eigenvalue weighted by Gasteiger charge is 2.32. The molecule has 3 aromatic rings. The van der Waals surface area contributed by atoms with E-state index in [1.165, 1.54) is 16.7 Å². The van der Waals surface area contributed by atoms with Crippen LogP contribution in [0.4, 0.5) is 5.69 Å². The molecule has 0 saturated carbocycles. The maximum atomic E-state index is 12.8. The van der Waals surface area contributed by atoms with Gasteiger partial charge in [0.2, 0.25) is 5.91 Å². The molecular formula is C24H28N4O. The smallest absolute Gasteiger partial charge is 0.244 e. The Morgan fingerprint density at radius 2 is 1.79 bits per heavy atom. The molecule has 4 rings (SSSR count). The van der Waals surface area contributed by atoms with E-state index in [4.69, 9.17) is 5.73 Å². The van der Waals surface area contributed by atoms with Gasteiger partial charge in [-0.25, -0.2) is 0 Å². The first-order valence-corrected chi connectivity index (χ1v) is 10.4. The lowest BCUT2D eigenvalue weighted by atomic mass is 9.88. The van der Waals surface area contributed by atoms with Gasteiger partial charge < -0.3 is 11.1 Å². The molecule has 1 aliphatic carbocycles.